The molecule has 2 aromatic carbocycles. The van der Waals surface area contributed by atoms with Gasteiger partial charge in [-0.25, -0.2) is 4.79 Å². The molecule has 0 unspecified atom stereocenters. The number of aromatic nitrogens is 1. The first kappa shape index (κ1) is 26.5. The van der Waals surface area contributed by atoms with Gasteiger partial charge in [-0.3, -0.25) is 4.98 Å². The number of fused-ring (bicyclic) bond motifs is 1. The van der Waals surface area contributed by atoms with E-state index in [4.69, 9.17) is 9.72 Å². The molecule has 0 saturated heterocycles. The van der Waals surface area contributed by atoms with E-state index < -0.39 is 5.60 Å². The molecular weight excluding hydrogens is 468 g/mol. The lowest BCUT2D eigenvalue weighted by molar-refractivity contribution is 0.0377. The van der Waals surface area contributed by atoms with Crippen LogP contribution >= 0.6 is 0 Å². The highest BCUT2D eigenvalue weighted by Crippen LogP contribution is 2.47. The first-order valence-corrected chi connectivity index (χ1v) is 14.0. The number of pyridine rings is 1. The maximum absolute atomic E-state index is 12.5. The first-order valence-electron chi connectivity index (χ1n) is 14.0. The molecule has 3 aromatic rings. The van der Waals surface area contributed by atoms with Gasteiger partial charge in [0.2, 0.25) is 0 Å². The molecule has 1 N–H and O–H groups in total. The van der Waals surface area contributed by atoms with Crippen LogP contribution in [-0.4, -0.2) is 16.7 Å². The fraction of sp³-hybridized carbons (Fsp3) is 0.471. The number of hydrogen-bond donors (Lipinski definition) is 1. The van der Waals surface area contributed by atoms with E-state index in [0.717, 1.165) is 41.6 Å². The summed E-state index contributed by atoms with van der Waals surface area (Å²) in [7, 11) is 0. The lowest BCUT2D eigenvalue weighted by atomic mass is 9.63. The molecular formula is C34H42N2O2. The minimum Gasteiger partial charge on any atom is -0.444 e. The Morgan fingerprint density at radius 2 is 1.42 bits per heavy atom. The summed E-state index contributed by atoms with van der Waals surface area (Å²) in [6, 6.07) is 19.8. The smallest absolute Gasteiger partial charge is 0.408 e. The van der Waals surface area contributed by atoms with E-state index in [-0.39, 0.29) is 22.5 Å². The van der Waals surface area contributed by atoms with Gasteiger partial charge in [-0.1, -0.05) is 64.1 Å². The van der Waals surface area contributed by atoms with E-state index in [0.29, 0.717) is 0 Å². The molecule has 5 rings (SSSR count). The first-order chi connectivity index (χ1) is 17.8. The predicted molar refractivity (Wildman–Crippen MR) is 155 cm³/mol. The van der Waals surface area contributed by atoms with E-state index in [2.05, 4.69) is 87.6 Å². The van der Waals surface area contributed by atoms with Crippen LogP contribution in [0.15, 0.2) is 60.8 Å². The Morgan fingerprint density at radius 3 is 2.03 bits per heavy atom. The van der Waals surface area contributed by atoms with Crippen LogP contribution in [0.2, 0.25) is 0 Å². The van der Waals surface area contributed by atoms with Gasteiger partial charge in [-0.15, -0.1) is 0 Å². The second-order valence-corrected chi connectivity index (χ2v) is 13.6. The van der Waals surface area contributed by atoms with Crippen LogP contribution in [0.25, 0.3) is 22.4 Å². The molecule has 1 heterocycles. The van der Waals surface area contributed by atoms with Crippen LogP contribution < -0.4 is 5.32 Å². The van der Waals surface area contributed by atoms with Gasteiger partial charge >= 0.3 is 6.09 Å². The molecule has 0 bridgehead atoms. The second-order valence-electron chi connectivity index (χ2n) is 13.6. The SMILES string of the molecule is CC(C)(C)OC(=O)NC1(c2ccc(-c3ccnc(-c4ccc5c(c4)C(C)(C)CCC5(C)C)c3)cc2)CCC1. The van der Waals surface area contributed by atoms with Crippen molar-refractivity contribution in [2.24, 2.45) is 0 Å². The van der Waals surface area contributed by atoms with Crippen molar-refractivity contribution in [1.82, 2.24) is 10.3 Å². The molecule has 4 nitrogen and oxygen atoms in total. The summed E-state index contributed by atoms with van der Waals surface area (Å²) in [5.74, 6) is 0. The zero-order chi connectivity index (χ0) is 27.3. The number of benzene rings is 2. The van der Waals surface area contributed by atoms with E-state index in [1.807, 2.05) is 27.0 Å². The lowest BCUT2D eigenvalue weighted by Crippen LogP contribution is -2.52. The van der Waals surface area contributed by atoms with Crippen LogP contribution in [0.4, 0.5) is 4.79 Å². The molecule has 38 heavy (non-hydrogen) atoms. The third-order valence-electron chi connectivity index (χ3n) is 8.63. The van der Waals surface area contributed by atoms with Gasteiger partial charge in [0.1, 0.15) is 5.60 Å². The number of rotatable bonds is 4. The monoisotopic (exact) mass is 510 g/mol. The summed E-state index contributed by atoms with van der Waals surface area (Å²) >= 11 is 0. The fourth-order valence-electron chi connectivity index (χ4n) is 6.01. The minimum atomic E-state index is -0.512. The summed E-state index contributed by atoms with van der Waals surface area (Å²) in [5, 5.41) is 3.16. The standard InChI is InChI=1S/C34H42N2O2/c1-31(2,3)38-30(37)36-34(16-8-17-34)26-12-9-23(10-13-26)24-15-20-35-29(22-24)25-11-14-27-28(21-25)33(6,7)19-18-32(27,4)5/h9-15,20-22H,8,16-19H2,1-7H3,(H,36,37). The number of alkyl carbamates (subject to hydrolysis) is 1. The van der Waals surface area contributed by atoms with Crippen molar-refractivity contribution < 1.29 is 9.53 Å². The average molecular weight is 511 g/mol. The molecule has 0 atom stereocenters. The molecule has 2 aliphatic rings. The molecule has 1 aromatic heterocycles. The Balaban J connectivity index is 1.40. The molecule has 1 amide bonds. The highest BCUT2D eigenvalue weighted by atomic mass is 16.6. The van der Waals surface area contributed by atoms with Crippen molar-refractivity contribution in [2.75, 3.05) is 0 Å². The molecule has 2 aliphatic carbocycles. The highest BCUT2D eigenvalue weighted by Gasteiger charge is 2.41. The molecule has 200 valence electrons. The summed E-state index contributed by atoms with van der Waals surface area (Å²) in [6.07, 6.45) is 6.92. The van der Waals surface area contributed by atoms with Crippen molar-refractivity contribution in [3.05, 3.63) is 77.5 Å². The molecule has 1 saturated carbocycles. The van der Waals surface area contributed by atoms with E-state index >= 15 is 0 Å². The number of carbonyl (C=O) groups excluding carboxylic acids is 1. The molecule has 0 radical (unpaired) electrons. The summed E-state index contributed by atoms with van der Waals surface area (Å²) in [5.41, 5.74) is 8.02. The maximum atomic E-state index is 12.5. The van der Waals surface area contributed by atoms with Gasteiger partial charge in [0.05, 0.1) is 11.2 Å². The molecule has 4 heteroatoms. The number of ether oxygens (including phenoxy) is 1. The zero-order valence-electron chi connectivity index (χ0n) is 24.1. The molecule has 0 aliphatic heterocycles. The van der Waals surface area contributed by atoms with Crippen LogP contribution in [0.5, 0.6) is 0 Å². The van der Waals surface area contributed by atoms with E-state index in [1.54, 1.807) is 0 Å². The van der Waals surface area contributed by atoms with Crippen LogP contribution in [0.1, 0.15) is 97.3 Å². The maximum Gasteiger partial charge on any atom is 0.408 e. The number of amides is 1. The van der Waals surface area contributed by atoms with E-state index in [9.17, 15) is 4.79 Å². The third-order valence-corrected chi connectivity index (χ3v) is 8.63. The lowest BCUT2D eigenvalue weighted by Gasteiger charge is -2.43. The van der Waals surface area contributed by atoms with Crippen LogP contribution in [-0.2, 0) is 21.1 Å². The van der Waals surface area contributed by atoms with Gasteiger partial charge in [-0.05, 0) is 110 Å². The zero-order valence-corrected chi connectivity index (χ0v) is 24.1. The minimum absolute atomic E-state index is 0.166. The number of hydrogen-bond acceptors (Lipinski definition) is 3. The van der Waals surface area contributed by atoms with Crippen LogP contribution in [0.3, 0.4) is 0 Å². The largest absolute Gasteiger partial charge is 0.444 e. The quantitative estimate of drug-likeness (QED) is 0.382. The van der Waals surface area contributed by atoms with Gasteiger partial charge in [0.15, 0.2) is 0 Å². The summed E-state index contributed by atoms with van der Waals surface area (Å²) < 4.78 is 5.54. The normalized spacial score (nSPS) is 19.1. The number of nitrogens with zero attached hydrogens (tertiary/aromatic N) is 1. The Hall–Kier alpha value is -3.14. The van der Waals surface area contributed by atoms with Gasteiger partial charge in [0.25, 0.3) is 0 Å². The molecule has 0 spiro atoms. The van der Waals surface area contributed by atoms with Crippen molar-refractivity contribution in [2.45, 2.75) is 103 Å². The Kier molecular flexibility index (Phi) is 6.44. The predicted octanol–water partition coefficient (Wildman–Crippen LogP) is 8.67. The summed E-state index contributed by atoms with van der Waals surface area (Å²) in [6.45, 7) is 15.1. The molecule has 1 fully saturated rings. The van der Waals surface area contributed by atoms with Gasteiger partial charge < -0.3 is 10.1 Å². The number of nitrogens with one attached hydrogen (secondary N) is 1. The van der Waals surface area contributed by atoms with Gasteiger partial charge in [-0.2, -0.15) is 0 Å². The highest BCUT2D eigenvalue weighted by molar-refractivity contribution is 5.72. The Labute approximate surface area is 228 Å². The topological polar surface area (TPSA) is 51.2 Å². The van der Waals surface area contributed by atoms with Crippen molar-refractivity contribution in [3.63, 3.8) is 0 Å². The van der Waals surface area contributed by atoms with Crippen molar-refractivity contribution in [3.8, 4) is 22.4 Å². The van der Waals surface area contributed by atoms with Crippen LogP contribution in [0, 0.1) is 0 Å². The Morgan fingerprint density at radius 1 is 0.789 bits per heavy atom. The number of carbonyl (C=O) groups is 1. The van der Waals surface area contributed by atoms with Crippen molar-refractivity contribution in [1.29, 1.82) is 0 Å². The Bertz CT molecular complexity index is 1340. The second kappa shape index (κ2) is 9.25. The van der Waals surface area contributed by atoms with E-state index in [1.165, 1.54) is 29.5 Å². The summed E-state index contributed by atoms with van der Waals surface area (Å²) in [4.78, 5) is 17.3. The third kappa shape index (κ3) is 5.10. The van der Waals surface area contributed by atoms with Gasteiger partial charge in [0, 0.05) is 11.8 Å². The fourth-order valence-corrected chi connectivity index (χ4v) is 6.01. The average Bonchev–Trinajstić information content (AvgIpc) is 2.83. The van der Waals surface area contributed by atoms with Crippen molar-refractivity contribution >= 4 is 6.09 Å².